The highest BCUT2D eigenvalue weighted by molar-refractivity contribution is 5.95. The fourth-order valence-corrected chi connectivity index (χ4v) is 2.99. The topological polar surface area (TPSA) is 86.1 Å². The van der Waals surface area contributed by atoms with Gasteiger partial charge in [-0.05, 0) is 39.0 Å². The van der Waals surface area contributed by atoms with Crippen molar-refractivity contribution in [3.63, 3.8) is 0 Å². The second-order valence-electron chi connectivity index (χ2n) is 7.38. The van der Waals surface area contributed by atoms with Gasteiger partial charge in [0.2, 0.25) is 11.8 Å². The third-order valence-electron chi connectivity index (χ3n) is 4.00. The zero-order valence-electron chi connectivity index (χ0n) is 15.4. The van der Waals surface area contributed by atoms with E-state index < -0.39 is 0 Å². The fraction of sp³-hybridized carbons (Fsp3) is 0.250. The van der Waals surface area contributed by atoms with E-state index in [1.165, 1.54) is 0 Å². The Morgan fingerprint density at radius 1 is 1.11 bits per heavy atom. The van der Waals surface area contributed by atoms with Gasteiger partial charge in [0.25, 0.3) is 5.89 Å². The van der Waals surface area contributed by atoms with Crippen LogP contribution < -0.4 is 5.32 Å². The molecule has 1 aromatic carbocycles. The van der Waals surface area contributed by atoms with Crippen molar-refractivity contribution in [1.29, 1.82) is 0 Å². The summed E-state index contributed by atoms with van der Waals surface area (Å²) in [6.45, 7) is 6.08. The first-order valence-corrected chi connectivity index (χ1v) is 8.67. The number of carbonyl (C=O) groups excluding carboxylic acids is 1. The van der Waals surface area contributed by atoms with Crippen molar-refractivity contribution in [2.45, 2.75) is 32.9 Å². The van der Waals surface area contributed by atoms with Crippen LogP contribution >= 0.6 is 0 Å². The van der Waals surface area contributed by atoms with Crippen LogP contribution in [0.1, 0.15) is 20.8 Å². The maximum atomic E-state index is 12.4. The van der Waals surface area contributed by atoms with Gasteiger partial charge in [0, 0.05) is 22.6 Å². The minimum absolute atomic E-state index is 0.0587. The van der Waals surface area contributed by atoms with Crippen molar-refractivity contribution in [3.8, 4) is 23.1 Å². The molecule has 0 saturated heterocycles. The standard InChI is InChI=1S/C20H20N4O3/c1-20(2,3)21-17(25)12-24-11-14(13-7-4-5-8-15(13)24)18-22-23-19(27-18)16-9-6-10-26-16/h4-11H,12H2,1-3H3,(H,21,25). The molecule has 0 unspecified atom stereocenters. The van der Waals surface area contributed by atoms with E-state index in [0.717, 1.165) is 16.5 Å². The van der Waals surface area contributed by atoms with Gasteiger partial charge in [0.05, 0.1) is 11.8 Å². The summed E-state index contributed by atoms with van der Waals surface area (Å²) in [5.41, 5.74) is 1.42. The van der Waals surface area contributed by atoms with Crippen LogP contribution in [-0.4, -0.2) is 26.2 Å². The number of hydrogen-bond acceptors (Lipinski definition) is 5. The maximum absolute atomic E-state index is 12.4. The molecule has 0 radical (unpaired) electrons. The Balaban J connectivity index is 1.71. The summed E-state index contributed by atoms with van der Waals surface area (Å²) in [5.74, 6) is 1.16. The highest BCUT2D eigenvalue weighted by Crippen LogP contribution is 2.31. The lowest BCUT2D eigenvalue weighted by atomic mass is 10.1. The molecule has 0 spiro atoms. The molecule has 0 atom stereocenters. The predicted octanol–water partition coefficient (Wildman–Crippen LogP) is 3.87. The first kappa shape index (κ1) is 17.1. The van der Waals surface area contributed by atoms with Gasteiger partial charge in [0.15, 0.2) is 5.76 Å². The number of para-hydroxylation sites is 1. The van der Waals surface area contributed by atoms with E-state index >= 15 is 0 Å². The first-order valence-electron chi connectivity index (χ1n) is 8.67. The van der Waals surface area contributed by atoms with E-state index in [2.05, 4.69) is 15.5 Å². The Morgan fingerprint density at radius 3 is 2.63 bits per heavy atom. The van der Waals surface area contributed by atoms with E-state index in [1.807, 2.05) is 55.8 Å². The molecule has 0 aliphatic heterocycles. The highest BCUT2D eigenvalue weighted by atomic mass is 16.4. The molecule has 1 amide bonds. The number of furan rings is 1. The lowest BCUT2D eigenvalue weighted by Crippen LogP contribution is -2.42. The van der Waals surface area contributed by atoms with E-state index in [9.17, 15) is 4.79 Å². The van der Waals surface area contributed by atoms with E-state index in [1.54, 1.807) is 18.4 Å². The molecule has 7 nitrogen and oxygen atoms in total. The highest BCUT2D eigenvalue weighted by Gasteiger charge is 2.19. The van der Waals surface area contributed by atoms with Gasteiger partial charge in [0.1, 0.15) is 6.54 Å². The van der Waals surface area contributed by atoms with Gasteiger partial charge in [-0.3, -0.25) is 4.79 Å². The average molecular weight is 364 g/mol. The molecule has 138 valence electrons. The molecule has 0 fully saturated rings. The number of rotatable bonds is 4. The number of fused-ring (bicyclic) bond motifs is 1. The minimum atomic E-state index is -0.284. The second kappa shape index (κ2) is 6.42. The molecule has 0 aliphatic carbocycles. The number of carbonyl (C=O) groups is 1. The molecule has 27 heavy (non-hydrogen) atoms. The van der Waals surface area contributed by atoms with Crippen molar-refractivity contribution in [1.82, 2.24) is 20.1 Å². The van der Waals surface area contributed by atoms with Gasteiger partial charge < -0.3 is 18.7 Å². The van der Waals surface area contributed by atoms with Crippen molar-refractivity contribution in [2.24, 2.45) is 0 Å². The van der Waals surface area contributed by atoms with Crippen LogP contribution in [-0.2, 0) is 11.3 Å². The van der Waals surface area contributed by atoms with Crippen molar-refractivity contribution in [3.05, 3.63) is 48.9 Å². The molecule has 4 aromatic rings. The van der Waals surface area contributed by atoms with Gasteiger partial charge in [-0.2, -0.15) is 0 Å². The summed E-state index contributed by atoms with van der Waals surface area (Å²) in [6.07, 6.45) is 3.42. The number of hydrogen-bond donors (Lipinski definition) is 1. The van der Waals surface area contributed by atoms with Gasteiger partial charge in [-0.15, -0.1) is 10.2 Å². The summed E-state index contributed by atoms with van der Waals surface area (Å²) < 4.78 is 13.0. The van der Waals surface area contributed by atoms with E-state index in [-0.39, 0.29) is 18.0 Å². The molecule has 7 heteroatoms. The maximum Gasteiger partial charge on any atom is 0.283 e. The molecule has 0 aliphatic rings. The molecular formula is C20H20N4O3. The molecule has 0 bridgehead atoms. The Morgan fingerprint density at radius 2 is 1.89 bits per heavy atom. The average Bonchev–Trinajstić information content (AvgIpc) is 3.32. The summed E-state index contributed by atoms with van der Waals surface area (Å²) in [4.78, 5) is 12.4. The smallest absolute Gasteiger partial charge is 0.283 e. The van der Waals surface area contributed by atoms with Crippen LogP contribution in [0.25, 0.3) is 34.0 Å². The Hall–Kier alpha value is -3.35. The molecule has 0 saturated carbocycles. The number of nitrogens with one attached hydrogen (secondary N) is 1. The van der Waals surface area contributed by atoms with Crippen LogP contribution in [0, 0.1) is 0 Å². The number of nitrogens with zero attached hydrogens (tertiary/aromatic N) is 3. The number of aromatic nitrogens is 3. The Kier molecular flexibility index (Phi) is 4.07. The quantitative estimate of drug-likeness (QED) is 0.594. The molecule has 1 N–H and O–H groups in total. The minimum Gasteiger partial charge on any atom is -0.459 e. The van der Waals surface area contributed by atoms with Crippen LogP contribution in [0.5, 0.6) is 0 Å². The largest absolute Gasteiger partial charge is 0.459 e. The molecule has 3 heterocycles. The summed E-state index contributed by atoms with van der Waals surface area (Å²) in [6, 6.07) is 11.3. The molecular weight excluding hydrogens is 344 g/mol. The summed E-state index contributed by atoms with van der Waals surface area (Å²) in [7, 11) is 0. The van der Waals surface area contributed by atoms with Crippen LogP contribution in [0.2, 0.25) is 0 Å². The summed E-state index contributed by atoms with van der Waals surface area (Å²) in [5, 5.41) is 12.1. The normalized spacial score (nSPS) is 11.8. The number of benzene rings is 1. The first-order chi connectivity index (χ1) is 12.9. The zero-order chi connectivity index (χ0) is 19.0. The van der Waals surface area contributed by atoms with Gasteiger partial charge in [-0.25, -0.2) is 0 Å². The van der Waals surface area contributed by atoms with Gasteiger partial charge in [-0.1, -0.05) is 18.2 Å². The summed E-state index contributed by atoms with van der Waals surface area (Å²) >= 11 is 0. The zero-order valence-corrected chi connectivity index (χ0v) is 15.4. The third kappa shape index (κ3) is 3.48. The van der Waals surface area contributed by atoms with Gasteiger partial charge >= 0.3 is 0 Å². The number of amides is 1. The van der Waals surface area contributed by atoms with Crippen molar-refractivity contribution < 1.29 is 13.6 Å². The Bertz CT molecular complexity index is 1080. The van der Waals surface area contributed by atoms with Crippen molar-refractivity contribution in [2.75, 3.05) is 0 Å². The van der Waals surface area contributed by atoms with Crippen LogP contribution in [0.15, 0.2) is 57.7 Å². The van der Waals surface area contributed by atoms with E-state index in [0.29, 0.717) is 17.5 Å². The molecule has 3 aromatic heterocycles. The SMILES string of the molecule is CC(C)(C)NC(=O)Cn1cc(-c2nnc(-c3ccco3)o2)c2ccccc21. The monoisotopic (exact) mass is 364 g/mol. The van der Waals surface area contributed by atoms with Crippen LogP contribution in [0.4, 0.5) is 0 Å². The fourth-order valence-electron chi connectivity index (χ4n) is 2.99. The van der Waals surface area contributed by atoms with Crippen molar-refractivity contribution >= 4 is 16.8 Å². The Labute approximate surface area is 156 Å². The third-order valence-corrected chi connectivity index (χ3v) is 4.00. The second-order valence-corrected chi connectivity index (χ2v) is 7.38. The predicted molar refractivity (Wildman–Crippen MR) is 101 cm³/mol. The lowest BCUT2D eigenvalue weighted by Gasteiger charge is -2.20. The molecule has 4 rings (SSSR count). The lowest BCUT2D eigenvalue weighted by molar-refractivity contribution is -0.123. The van der Waals surface area contributed by atoms with Crippen LogP contribution in [0.3, 0.4) is 0 Å². The van der Waals surface area contributed by atoms with E-state index in [4.69, 9.17) is 8.83 Å².